The van der Waals surface area contributed by atoms with E-state index in [1.54, 1.807) is 6.20 Å². The summed E-state index contributed by atoms with van der Waals surface area (Å²) in [4.78, 5) is 6.74. The molecule has 0 spiro atoms. The second-order valence-electron chi connectivity index (χ2n) is 6.77. The van der Waals surface area contributed by atoms with Crippen molar-refractivity contribution >= 4 is 0 Å². The van der Waals surface area contributed by atoms with Crippen molar-refractivity contribution in [1.82, 2.24) is 9.88 Å². The molecule has 3 heterocycles. The lowest BCUT2D eigenvalue weighted by atomic mass is 10.0. The fourth-order valence-electron chi connectivity index (χ4n) is 3.83. The summed E-state index contributed by atoms with van der Waals surface area (Å²) in [5, 5.41) is 0. The van der Waals surface area contributed by atoms with E-state index in [1.807, 2.05) is 30.3 Å². The lowest BCUT2D eigenvalue weighted by Crippen LogP contribution is -2.41. The number of fused-ring (bicyclic) bond motifs is 1. The van der Waals surface area contributed by atoms with Gasteiger partial charge in [0.25, 0.3) is 0 Å². The minimum Gasteiger partial charge on any atom is -0.374 e. The quantitative estimate of drug-likeness (QED) is 0.836. The third-order valence-corrected chi connectivity index (χ3v) is 5.05. The van der Waals surface area contributed by atoms with E-state index in [2.05, 4.69) is 9.88 Å². The van der Waals surface area contributed by atoms with Crippen LogP contribution in [0.4, 0.5) is 4.39 Å². The van der Waals surface area contributed by atoms with Crippen molar-refractivity contribution < 1.29 is 13.9 Å². The first-order valence-electron chi connectivity index (χ1n) is 8.91. The molecule has 0 amide bonds. The Morgan fingerprint density at radius 3 is 2.88 bits per heavy atom. The summed E-state index contributed by atoms with van der Waals surface area (Å²) in [5.41, 5.74) is 2.06. The predicted octanol–water partition coefficient (Wildman–Crippen LogP) is 3.17. The molecule has 132 valence electrons. The number of rotatable bonds is 5. The summed E-state index contributed by atoms with van der Waals surface area (Å²) in [6.45, 7) is 2.94. The first-order valence-corrected chi connectivity index (χ1v) is 8.91. The lowest BCUT2D eigenvalue weighted by molar-refractivity contribution is -0.0824. The van der Waals surface area contributed by atoms with Crippen molar-refractivity contribution in [3.8, 4) is 0 Å². The maximum atomic E-state index is 13.1. The fraction of sp³-hybridized carbons (Fsp3) is 0.450. The van der Waals surface area contributed by atoms with E-state index in [9.17, 15) is 4.39 Å². The average molecular weight is 342 g/mol. The van der Waals surface area contributed by atoms with Gasteiger partial charge in [0, 0.05) is 31.9 Å². The monoisotopic (exact) mass is 342 g/mol. The second-order valence-corrected chi connectivity index (χ2v) is 6.77. The Kier molecular flexibility index (Phi) is 5.06. The standard InChI is InChI=1S/C20H23FN2O2/c21-16-8-6-15(7-9-16)12-23-13-19(20-18(23)5-3-11-24-20)25-14-17-4-1-2-10-22-17/h1-2,4,6-10,18-20H,3,5,11-14H2/t18-,19+,20+/m0/s1. The van der Waals surface area contributed by atoms with E-state index in [-0.39, 0.29) is 18.0 Å². The van der Waals surface area contributed by atoms with E-state index in [4.69, 9.17) is 9.47 Å². The van der Waals surface area contributed by atoms with Crippen molar-refractivity contribution in [3.05, 3.63) is 65.7 Å². The van der Waals surface area contributed by atoms with Crippen LogP contribution in [0.5, 0.6) is 0 Å². The number of ether oxygens (including phenoxy) is 2. The molecule has 0 saturated carbocycles. The van der Waals surface area contributed by atoms with Crippen molar-refractivity contribution in [2.75, 3.05) is 13.2 Å². The predicted molar refractivity (Wildman–Crippen MR) is 92.4 cm³/mol. The molecule has 0 N–H and O–H groups in total. The van der Waals surface area contributed by atoms with Gasteiger partial charge in [-0.15, -0.1) is 0 Å². The summed E-state index contributed by atoms with van der Waals surface area (Å²) in [6.07, 6.45) is 4.14. The molecule has 0 aliphatic carbocycles. The summed E-state index contributed by atoms with van der Waals surface area (Å²) < 4.78 is 25.3. The van der Waals surface area contributed by atoms with E-state index >= 15 is 0 Å². The Labute approximate surface area is 147 Å². The molecule has 3 atom stereocenters. The zero-order valence-electron chi connectivity index (χ0n) is 14.2. The van der Waals surface area contributed by atoms with Gasteiger partial charge in [-0.05, 0) is 42.7 Å². The third-order valence-electron chi connectivity index (χ3n) is 5.05. The molecule has 4 nitrogen and oxygen atoms in total. The Morgan fingerprint density at radius 2 is 2.08 bits per heavy atom. The van der Waals surface area contributed by atoms with Crippen LogP contribution in [0.3, 0.4) is 0 Å². The molecule has 1 aromatic carbocycles. The highest BCUT2D eigenvalue weighted by atomic mass is 19.1. The van der Waals surface area contributed by atoms with Crippen molar-refractivity contribution in [2.45, 2.75) is 44.2 Å². The molecule has 0 radical (unpaired) electrons. The van der Waals surface area contributed by atoms with Crippen LogP contribution in [0.1, 0.15) is 24.1 Å². The summed E-state index contributed by atoms with van der Waals surface area (Å²) in [6, 6.07) is 13.0. The molecule has 2 aliphatic heterocycles. The minimum absolute atomic E-state index is 0.0488. The first-order chi connectivity index (χ1) is 12.3. The van der Waals surface area contributed by atoms with E-state index in [1.165, 1.54) is 12.1 Å². The van der Waals surface area contributed by atoms with Gasteiger partial charge in [0.2, 0.25) is 0 Å². The molecule has 2 fully saturated rings. The SMILES string of the molecule is Fc1ccc(CN2C[C@@H](OCc3ccccn3)[C@@H]3OCCC[C@@H]32)cc1. The van der Waals surface area contributed by atoms with Crippen LogP contribution in [0, 0.1) is 5.82 Å². The normalized spacial score (nSPS) is 26.5. The van der Waals surface area contributed by atoms with Gasteiger partial charge in [-0.25, -0.2) is 4.39 Å². The number of halogens is 1. The minimum atomic E-state index is -0.194. The number of hydrogen-bond acceptors (Lipinski definition) is 4. The molecule has 1 aromatic heterocycles. The maximum Gasteiger partial charge on any atom is 0.123 e. The molecule has 0 unspecified atom stereocenters. The van der Waals surface area contributed by atoms with Crippen LogP contribution in [-0.4, -0.2) is 41.3 Å². The molecular formula is C20H23FN2O2. The van der Waals surface area contributed by atoms with Crippen LogP contribution in [0.2, 0.25) is 0 Å². The van der Waals surface area contributed by atoms with Crippen LogP contribution >= 0.6 is 0 Å². The first kappa shape index (κ1) is 16.6. The fourth-order valence-corrected chi connectivity index (χ4v) is 3.83. The van der Waals surface area contributed by atoms with Gasteiger partial charge in [0.1, 0.15) is 11.9 Å². The maximum absolute atomic E-state index is 13.1. The van der Waals surface area contributed by atoms with Crippen molar-refractivity contribution in [3.63, 3.8) is 0 Å². The highest BCUT2D eigenvalue weighted by molar-refractivity contribution is 5.17. The highest BCUT2D eigenvalue weighted by Gasteiger charge is 2.44. The number of likely N-dealkylation sites (tertiary alicyclic amines) is 1. The molecule has 2 aliphatic rings. The molecule has 2 saturated heterocycles. The number of benzene rings is 1. The molecule has 2 aromatic rings. The molecule has 5 heteroatoms. The van der Waals surface area contributed by atoms with Gasteiger partial charge in [-0.3, -0.25) is 9.88 Å². The zero-order chi connectivity index (χ0) is 17.1. The lowest BCUT2D eigenvalue weighted by Gasteiger charge is -2.32. The number of nitrogens with zero attached hydrogens (tertiary/aromatic N) is 2. The van der Waals surface area contributed by atoms with E-state index in [0.29, 0.717) is 12.6 Å². The molecule has 4 rings (SSSR count). The zero-order valence-corrected chi connectivity index (χ0v) is 14.2. The van der Waals surface area contributed by atoms with Crippen LogP contribution in [-0.2, 0) is 22.6 Å². The average Bonchev–Trinajstić information content (AvgIpc) is 3.01. The van der Waals surface area contributed by atoms with Crippen LogP contribution in [0.25, 0.3) is 0 Å². The smallest absolute Gasteiger partial charge is 0.123 e. The van der Waals surface area contributed by atoms with Crippen molar-refractivity contribution in [2.24, 2.45) is 0 Å². The van der Waals surface area contributed by atoms with Gasteiger partial charge in [0.15, 0.2) is 0 Å². The molecule has 25 heavy (non-hydrogen) atoms. The van der Waals surface area contributed by atoms with Crippen molar-refractivity contribution in [1.29, 1.82) is 0 Å². The Balaban J connectivity index is 1.43. The van der Waals surface area contributed by atoms with Gasteiger partial charge < -0.3 is 9.47 Å². The highest BCUT2D eigenvalue weighted by Crippen LogP contribution is 2.32. The molecule has 0 bridgehead atoms. The number of aromatic nitrogens is 1. The third kappa shape index (κ3) is 3.89. The second kappa shape index (κ2) is 7.60. The number of pyridine rings is 1. The largest absolute Gasteiger partial charge is 0.374 e. The van der Waals surface area contributed by atoms with Gasteiger partial charge in [-0.2, -0.15) is 0 Å². The summed E-state index contributed by atoms with van der Waals surface area (Å²) >= 11 is 0. The van der Waals surface area contributed by atoms with Crippen LogP contribution < -0.4 is 0 Å². The van der Waals surface area contributed by atoms with Gasteiger partial charge in [-0.1, -0.05) is 18.2 Å². The van der Waals surface area contributed by atoms with Gasteiger partial charge >= 0.3 is 0 Å². The topological polar surface area (TPSA) is 34.6 Å². The Hall–Kier alpha value is -1.82. The summed E-state index contributed by atoms with van der Waals surface area (Å²) in [5.74, 6) is -0.194. The number of hydrogen-bond donors (Lipinski definition) is 0. The summed E-state index contributed by atoms with van der Waals surface area (Å²) in [7, 11) is 0. The Bertz CT molecular complexity index is 680. The van der Waals surface area contributed by atoms with Crippen LogP contribution in [0.15, 0.2) is 48.7 Å². The molecular weight excluding hydrogens is 319 g/mol. The Morgan fingerprint density at radius 1 is 1.20 bits per heavy atom. The van der Waals surface area contributed by atoms with E-state index < -0.39 is 0 Å². The van der Waals surface area contributed by atoms with E-state index in [0.717, 1.165) is 43.8 Å². The van der Waals surface area contributed by atoms with Gasteiger partial charge in [0.05, 0.1) is 18.4 Å².